The maximum atomic E-state index is 10.1. The molecule has 110 valence electrons. The predicted octanol–water partition coefficient (Wildman–Crippen LogP) is 1.93. The van der Waals surface area contributed by atoms with Crippen molar-refractivity contribution in [1.29, 1.82) is 0 Å². The van der Waals surface area contributed by atoms with Crippen molar-refractivity contribution in [1.82, 2.24) is 4.90 Å². The Bertz CT molecular complexity index is 477. The fraction of sp³-hybridized carbons (Fsp3) is 0.625. The Hall–Kier alpha value is -1.10. The SMILES string of the molecule is OCc1ccc([C@H]2C[C@@H](O)C[C@H]3CCCCN32)cc1O. The average molecular weight is 277 g/mol. The summed E-state index contributed by atoms with van der Waals surface area (Å²) in [5, 5.41) is 29.2. The minimum Gasteiger partial charge on any atom is -0.508 e. The Kier molecular flexibility index (Phi) is 3.96. The molecule has 20 heavy (non-hydrogen) atoms. The van der Waals surface area contributed by atoms with Crippen LogP contribution in [0.15, 0.2) is 18.2 Å². The van der Waals surface area contributed by atoms with Gasteiger partial charge in [-0.3, -0.25) is 4.90 Å². The van der Waals surface area contributed by atoms with E-state index in [1.165, 1.54) is 12.8 Å². The molecule has 0 aliphatic carbocycles. The number of rotatable bonds is 2. The lowest BCUT2D eigenvalue weighted by molar-refractivity contribution is -0.0180. The number of aromatic hydroxyl groups is 1. The van der Waals surface area contributed by atoms with E-state index in [9.17, 15) is 10.2 Å². The van der Waals surface area contributed by atoms with Gasteiger partial charge in [0.05, 0.1) is 12.7 Å². The number of nitrogens with zero attached hydrogens (tertiary/aromatic N) is 1. The molecule has 0 saturated carbocycles. The molecule has 2 aliphatic rings. The van der Waals surface area contributed by atoms with E-state index in [4.69, 9.17) is 5.11 Å². The second kappa shape index (κ2) is 5.72. The third-order valence-electron chi connectivity index (χ3n) is 4.78. The van der Waals surface area contributed by atoms with Crippen molar-refractivity contribution in [2.24, 2.45) is 0 Å². The van der Waals surface area contributed by atoms with Crippen LogP contribution in [0, 0.1) is 0 Å². The molecule has 2 saturated heterocycles. The summed E-state index contributed by atoms with van der Waals surface area (Å²) in [6.07, 6.45) is 4.97. The van der Waals surface area contributed by atoms with Gasteiger partial charge in [-0.1, -0.05) is 18.6 Å². The number of fused-ring (bicyclic) bond motifs is 1. The van der Waals surface area contributed by atoms with Crippen LogP contribution in [0.1, 0.15) is 49.3 Å². The fourth-order valence-electron chi connectivity index (χ4n) is 3.74. The normalized spacial score (nSPS) is 31.0. The zero-order valence-corrected chi connectivity index (χ0v) is 11.7. The highest BCUT2D eigenvalue weighted by Crippen LogP contribution is 2.39. The first-order valence-electron chi connectivity index (χ1n) is 7.55. The summed E-state index contributed by atoms with van der Waals surface area (Å²) in [4.78, 5) is 2.49. The van der Waals surface area contributed by atoms with Gasteiger partial charge in [-0.2, -0.15) is 0 Å². The molecule has 1 aromatic carbocycles. The van der Waals surface area contributed by atoms with Gasteiger partial charge in [0.25, 0.3) is 0 Å². The van der Waals surface area contributed by atoms with Crippen LogP contribution in [-0.4, -0.2) is 38.9 Å². The van der Waals surface area contributed by atoms with Gasteiger partial charge in [-0.05, 0) is 43.9 Å². The number of hydrogen-bond acceptors (Lipinski definition) is 4. The van der Waals surface area contributed by atoms with Crippen molar-refractivity contribution in [2.75, 3.05) is 6.54 Å². The average Bonchev–Trinajstić information content (AvgIpc) is 2.46. The highest BCUT2D eigenvalue weighted by molar-refractivity contribution is 5.37. The lowest BCUT2D eigenvalue weighted by atomic mass is 9.84. The minimum atomic E-state index is -0.251. The van der Waals surface area contributed by atoms with Crippen LogP contribution in [-0.2, 0) is 6.61 Å². The van der Waals surface area contributed by atoms with Gasteiger partial charge in [0.2, 0.25) is 0 Å². The van der Waals surface area contributed by atoms with Crippen LogP contribution < -0.4 is 0 Å². The maximum absolute atomic E-state index is 10.1. The predicted molar refractivity (Wildman–Crippen MR) is 76.4 cm³/mol. The molecule has 1 aromatic rings. The number of benzene rings is 1. The first-order chi connectivity index (χ1) is 9.69. The number of phenols is 1. The van der Waals surface area contributed by atoms with E-state index >= 15 is 0 Å². The van der Waals surface area contributed by atoms with Crippen LogP contribution >= 0.6 is 0 Å². The Morgan fingerprint density at radius 2 is 2.05 bits per heavy atom. The molecule has 3 atom stereocenters. The van der Waals surface area contributed by atoms with Crippen LogP contribution in [0.4, 0.5) is 0 Å². The molecule has 4 nitrogen and oxygen atoms in total. The van der Waals surface area contributed by atoms with E-state index in [0.717, 1.165) is 31.4 Å². The molecule has 2 heterocycles. The first-order valence-corrected chi connectivity index (χ1v) is 7.55. The van der Waals surface area contributed by atoms with E-state index in [2.05, 4.69) is 4.90 Å². The molecule has 2 aliphatic heterocycles. The highest BCUT2D eigenvalue weighted by Gasteiger charge is 2.36. The fourth-order valence-corrected chi connectivity index (χ4v) is 3.74. The lowest BCUT2D eigenvalue weighted by Crippen LogP contribution is -2.48. The van der Waals surface area contributed by atoms with Crippen molar-refractivity contribution in [3.63, 3.8) is 0 Å². The highest BCUT2D eigenvalue weighted by atomic mass is 16.3. The molecule has 4 heteroatoms. The molecular formula is C16H23NO3. The van der Waals surface area contributed by atoms with Gasteiger partial charge in [0.1, 0.15) is 5.75 Å². The Labute approximate surface area is 119 Å². The van der Waals surface area contributed by atoms with Crippen molar-refractivity contribution < 1.29 is 15.3 Å². The molecule has 3 rings (SSSR count). The van der Waals surface area contributed by atoms with Gasteiger partial charge in [0, 0.05) is 17.6 Å². The topological polar surface area (TPSA) is 63.9 Å². The third kappa shape index (κ3) is 2.55. The monoisotopic (exact) mass is 277 g/mol. The largest absolute Gasteiger partial charge is 0.508 e. The molecule has 0 radical (unpaired) electrons. The van der Waals surface area contributed by atoms with E-state index in [1.54, 1.807) is 12.1 Å². The lowest BCUT2D eigenvalue weighted by Gasteiger charge is -2.47. The molecule has 0 aromatic heterocycles. The van der Waals surface area contributed by atoms with E-state index < -0.39 is 0 Å². The number of piperidine rings is 2. The number of aliphatic hydroxyl groups excluding tert-OH is 2. The molecule has 0 spiro atoms. The second-order valence-electron chi connectivity index (χ2n) is 6.07. The summed E-state index contributed by atoms with van der Waals surface area (Å²) in [5.74, 6) is 0.152. The molecule has 0 bridgehead atoms. The standard InChI is InChI=1S/C16H23NO3/c18-10-12-5-4-11(7-16(12)20)15-9-14(19)8-13-3-1-2-6-17(13)15/h4-5,7,13-15,18-20H,1-3,6,8-10H2/t13-,14+,15-/m1/s1. The molecular weight excluding hydrogens is 254 g/mol. The van der Waals surface area contributed by atoms with E-state index in [-0.39, 0.29) is 24.5 Å². The van der Waals surface area contributed by atoms with Gasteiger partial charge in [0.15, 0.2) is 0 Å². The molecule has 2 fully saturated rings. The second-order valence-corrected chi connectivity index (χ2v) is 6.07. The van der Waals surface area contributed by atoms with Crippen LogP contribution in [0.2, 0.25) is 0 Å². The quantitative estimate of drug-likeness (QED) is 0.773. The summed E-state index contributed by atoms with van der Waals surface area (Å²) < 4.78 is 0. The van der Waals surface area contributed by atoms with Crippen LogP contribution in [0.5, 0.6) is 5.75 Å². The maximum Gasteiger partial charge on any atom is 0.121 e. The van der Waals surface area contributed by atoms with Crippen LogP contribution in [0.3, 0.4) is 0 Å². The van der Waals surface area contributed by atoms with Gasteiger partial charge in [-0.25, -0.2) is 0 Å². The third-order valence-corrected chi connectivity index (χ3v) is 4.78. The minimum absolute atomic E-state index is 0.147. The summed E-state index contributed by atoms with van der Waals surface area (Å²) in [6.45, 7) is 0.927. The Morgan fingerprint density at radius 3 is 2.80 bits per heavy atom. The zero-order valence-electron chi connectivity index (χ0n) is 11.7. The smallest absolute Gasteiger partial charge is 0.121 e. The Morgan fingerprint density at radius 1 is 1.20 bits per heavy atom. The molecule has 0 amide bonds. The van der Waals surface area contributed by atoms with Gasteiger partial charge < -0.3 is 15.3 Å². The first kappa shape index (κ1) is 13.9. The summed E-state index contributed by atoms with van der Waals surface area (Å²) in [6, 6.07) is 6.16. The number of hydrogen-bond donors (Lipinski definition) is 3. The van der Waals surface area contributed by atoms with Crippen molar-refractivity contribution in [3.05, 3.63) is 29.3 Å². The summed E-state index contributed by atoms with van der Waals surface area (Å²) in [5.41, 5.74) is 1.60. The van der Waals surface area contributed by atoms with E-state index in [1.807, 2.05) is 6.07 Å². The number of aliphatic hydroxyl groups is 2. The molecule has 3 N–H and O–H groups in total. The van der Waals surface area contributed by atoms with Gasteiger partial charge in [-0.15, -0.1) is 0 Å². The van der Waals surface area contributed by atoms with Crippen LogP contribution in [0.25, 0.3) is 0 Å². The Balaban J connectivity index is 1.88. The molecule has 0 unspecified atom stereocenters. The van der Waals surface area contributed by atoms with Crippen molar-refractivity contribution >= 4 is 0 Å². The van der Waals surface area contributed by atoms with Gasteiger partial charge >= 0.3 is 0 Å². The van der Waals surface area contributed by atoms with Crippen molar-refractivity contribution in [2.45, 2.75) is 56.9 Å². The summed E-state index contributed by atoms with van der Waals surface area (Å²) >= 11 is 0. The van der Waals surface area contributed by atoms with Crippen molar-refractivity contribution in [3.8, 4) is 5.75 Å². The van der Waals surface area contributed by atoms with E-state index in [0.29, 0.717) is 11.6 Å². The summed E-state index contributed by atoms with van der Waals surface area (Å²) in [7, 11) is 0. The zero-order chi connectivity index (χ0) is 14.1.